The number of hydrogen-bond donors (Lipinski definition) is 0. The van der Waals surface area contributed by atoms with Crippen molar-refractivity contribution < 1.29 is 57.5 Å². The first kappa shape index (κ1) is 28.9. The third-order valence-corrected chi connectivity index (χ3v) is 4.63. The van der Waals surface area contributed by atoms with Gasteiger partial charge in [0, 0.05) is 0 Å². The summed E-state index contributed by atoms with van der Waals surface area (Å²) < 4.78 is 0. The van der Waals surface area contributed by atoms with Crippen LogP contribution in [-0.4, -0.2) is 11.9 Å². The molecule has 0 aliphatic carbocycles. The first-order valence-electron chi connectivity index (χ1n) is 8.63. The van der Waals surface area contributed by atoms with Gasteiger partial charge >= 0.3 is 37.7 Å². The Balaban J connectivity index is -0.00000220. The average Bonchev–Trinajstić information content (AvgIpc) is 2.38. The van der Waals surface area contributed by atoms with Gasteiger partial charge in [-0.3, -0.25) is 0 Å². The average molecular weight is 326 g/mol. The van der Waals surface area contributed by atoms with E-state index in [4.69, 9.17) is 0 Å². The molecule has 0 amide bonds. The van der Waals surface area contributed by atoms with Crippen LogP contribution in [0.15, 0.2) is 0 Å². The van der Waals surface area contributed by atoms with Crippen LogP contribution in [0.1, 0.15) is 91.9 Å². The molecular weight excluding hydrogens is 294 g/mol. The molecule has 130 valence electrons. The predicted octanol–water partition coefficient (Wildman–Crippen LogP) is -3.55. The molecule has 6 heteroatoms. The maximum Gasteiger partial charge on any atom is 1.00 e. The van der Waals surface area contributed by atoms with Crippen molar-refractivity contribution in [1.82, 2.24) is 0 Å². The molecule has 0 radical (unpaired) electrons. The van der Waals surface area contributed by atoms with Crippen LogP contribution in [0.3, 0.4) is 0 Å². The SMILES string of the molecule is CCCCCCCCCCCC(C(=O)[O-])(C(=O)[O-])C(C)(C)C.[Li+].[Li+]. The number of rotatable bonds is 12. The van der Waals surface area contributed by atoms with Gasteiger partial charge in [0.2, 0.25) is 0 Å². The smallest absolute Gasteiger partial charge is 0.549 e. The normalized spacial score (nSPS) is 11.3. The Labute approximate surface area is 171 Å². The standard InChI is InChI=1S/C18H34O4.2Li/c1-5-6-7-8-9-10-11-12-13-14-18(15(19)20,16(21)22)17(2,3)4;;/h5-14H2,1-4H3,(H,19,20)(H,21,22);;/q;2*+1/p-2. The number of carbonyl (C=O) groups excluding carboxylic acids is 2. The summed E-state index contributed by atoms with van der Waals surface area (Å²) in [7, 11) is 0. The minimum absolute atomic E-state index is 0. The molecule has 0 aliphatic heterocycles. The van der Waals surface area contributed by atoms with Crippen LogP contribution in [0.2, 0.25) is 0 Å². The summed E-state index contributed by atoms with van der Waals surface area (Å²) in [4.78, 5) is 22.9. The Bertz CT molecular complexity index is 337. The van der Waals surface area contributed by atoms with Crippen LogP contribution < -0.4 is 47.9 Å². The van der Waals surface area contributed by atoms with Crippen LogP contribution in [0.4, 0.5) is 0 Å². The molecule has 0 aromatic rings. The van der Waals surface area contributed by atoms with Crippen molar-refractivity contribution in [1.29, 1.82) is 0 Å². The molecule has 0 unspecified atom stereocenters. The number of unbranched alkanes of at least 4 members (excludes halogenated alkanes) is 8. The third kappa shape index (κ3) is 9.01. The summed E-state index contributed by atoms with van der Waals surface area (Å²) in [5.41, 5.74) is -2.83. The van der Waals surface area contributed by atoms with E-state index >= 15 is 0 Å². The molecule has 0 aliphatic rings. The van der Waals surface area contributed by atoms with E-state index in [0.717, 1.165) is 19.3 Å². The molecule has 0 N–H and O–H groups in total. The second-order valence-electron chi connectivity index (χ2n) is 7.31. The van der Waals surface area contributed by atoms with Crippen LogP contribution in [0.5, 0.6) is 0 Å². The summed E-state index contributed by atoms with van der Waals surface area (Å²) in [5.74, 6) is -3.06. The topological polar surface area (TPSA) is 80.3 Å². The summed E-state index contributed by atoms with van der Waals surface area (Å²) in [6, 6.07) is 0. The zero-order valence-corrected chi connectivity index (χ0v) is 16.7. The molecule has 0 saturated carbocycles. The van der Waals surface area contributed by atoms with E-state index in [9.17, 15) is 19.8 Å². The molecule has 0 fully saturated rings. The second kappa shape index (κ2) is 14.3. The monoisotopic (exact) mass is 326 g/mol. The molecule has 0 aromatic carbocycles. The summed E-state index contributed by atoms with van der Waals surface area (Å²) in [5, 5.41) is 22.9. The molecule has 0 aromatic heterocycles. The van der Waals surface area contributed by atoms with Gasteiger partial charge in [-0.1, -0.05) is 85.5 Å². The Morgan fingerprint density at radius 1 is 0.708 bits per heavy atom. The molecule has 0 spiro atoms. The van der Waals surface area contributed by atoms with Crippen LogP contribution in [-0.2, 0) is 9.59 Å². The van der Waals surface area contributed by atoms with E-state index in [0.29, 0.717) is 6.42 Å². The van der Waals surface area contributed by atoms with Gasteiger partial charge < -0.3 is 19.8 Å². The molecule has 4 nitrogen and oxygen atoms in total. The molecule has 0 bridgehead atoms. The van der Waals surface area contributed by atoms with Gasteiger partial charge in [-0.2, -0.15) is 0 Å². The Morgan fingerprint density at radius 3 is 1.33 bits per heavy atom. The molecule has 24 heavy (non-hydrogen) atoms. The first-order chi connectivity index (χ1) is 10.2. The molecule has 0 heterocycles. The van der Waals surface area contributed by atoms with Crippen molar-refractivity contribution >= 4 is 11.9 Å². The van der Waals surface area contributed by atoms with Gasteiger partial charge in [-0.15, -0.1) is 0 Å². The fraction of sp³-hybridized carbons (Fsp3) is 0.889. The van der Waals surface area contributed by atoms with E-state index in [1.807, 2.05) is 0 Å². The minimum Gasteiger partial charge on any atom is -0.549 e. The van der Waals surface area contributed by atoms with Crippen molar-refractivity contribution in [2.24, 2.45) is 10.8 Å². The predicted molar refractivity (Wildman–Crippen MR) is 83.7 cm³/mol. The zero-order valence-electron chi connectivity index (χ0n) is 16.7. The second-order valence-corrected chi connectivity index (χ2v) is 7.31. The molecule has 0 atom stereocenters. The zero-order chi connectivity index (χ0) is 17.2. The van der Waals surface area contributed by atoms with Crippen LogP contribution >= 0.6 is 0 Å². The summed E-state index contributed by atoms with van der Waals surface area (Å²) in [6.07, 6.45) is 9.90. The van der Waals surface area contributed by atoms with Crippen molar-refractivity contribution in [3.8, 4) is 0 Å². The Hall–Kier alpha value is 0.135. The van der Waals surface area contributed by atoms with E-state index in [-0.39, 0.29) is 44.1 Å². The molecule has 0 rings (SSSR count). The first-order valence-corrected chi connectivity index (χ1v) is 8.63. The van der Waals surface area contributed by atoms with Crippen molar-refractivity contribution in [2.75, 3.05) is 0 Å². The maximum absolute atomic E-state index is 11.4. The summed E-state index contributed by atoms with van der Waals surface area (Å²) >= 11 is 0. The number of carboxylic acid groups (broad SMARTS) is 2. The van der Waals surface area contributed by atoms with E-state index in [2.05, 4.69) is 6.92 Å². The van der Waals surface area contributed by atoms with Crippen molar-refractivity contribution in [2.45, 2.75) is 91.9 Å². The minimum atomic E-state index is -1.91. The van der Waals surface area contributed by atoms with E-state index in [1.54, 1.807) is 20.8 Å². The van der Waals surface area contributed by atoms with Gasteiger partial charge in [0.05, 0.1) is 17.4 Å². The fourth-order valence-corrected chi connectivity index (χ4v) is 2.98. The van der Waals surface area contributed by atoms with Gasteiger partial charge in [0.1, 0.15) is 0 Å². The number of hydrogen-bond acceptors (Lipinski definition) is 4. The van der Waals surface area contributed by atoms with Crippen LogP contribution in [0.25, 0.3) is 0 Å². The van der Waals surface area contributed by atoms with Gasteiger partial charge in [0.15, 0.2) is 0 Å². The van der Waals surface area contributed by atoms with Crippen molar-refractivity contribution in [3.05, 3.63) is 0 Å². The van der Waals surface area contributed by atoms with Gasteiger partial charge in [0.25, 0.3) is 0 Å². The molecular formula is C18H32Li2O4. The number of carboxylic acids is 2. The largest absolute Gasteiger partial charge is 1.00 e. The number of carbonyl (C=O) groups is 2. The maximum atomic E-state index is 11.4. The van der Waals surface area contributed by atoms with Gasteiger partial charge in [-0.05, 0) is 11.8 Å². The Morgan fingerprint density at radius 2 is 1.04 bits per heavy atom. The quantitative estimate of drug-likeness (QED) is 0.211. The van der Waals surface area contributed by atoms with Crippen LogP contribution in [0, 0.1) is 10.8 Å². The van der Waals surface area contributed by atoms with Crippen molar-refractivity contribution in [3.63, 3.8) is 0 Å². The third-order valence-electron chi connectivity index (χ3n) is 4.63. The Kier molecular flexibility index (Phi) is 17.3. The molecule has 0 saturated heterocycles. The number of aliphatic carboxylic acids is 2. The van der Waals surface area contributed by atoms with E-state index < -0.39 is 22.8 Å². The van der Waals surface area contributed by atoms with E-state index in [1.165, 1.54) is 32.1 Å². The summed E-state index contributed by atoms with van der Waals surface area (Å²) in [6.45, 7) is 7.04. The fourth-order valence-electron chi connectivity index (χ4n) is 2.98. The van der Waals surface area contributed by atoms with Gasteiger partial charge in [-0.25, -0.2) is 0 Å².